The Balaban J connectivity index is 1.69. The van der Waals surface area contributed by atoms with Gasteiger partial charge in [-0.3, -0.25) is 9.59 Å². The first-order valence-electron chi connectivity index (χ1n) is 7.18. The van der Waals surface area contributed by atoms with Crippen LogP contribution >= 0.6 is 0 Å². The van der Waals surface area contributed by atoms with Gasteiger partial charge in [0.05, 0.1) is 12.1 Å². The van der Waals surface area contributed by atoms with Crippen LogP contribution in [0.4, 0.5) is 20.2 Å². The molecule has 0 spiro atoms. The highest BCUT2D eigenvalue weighted by Gasteiger charge is 2.16. The summed E-state index contributed by atoms with van der Waals surface area (Å²) in [5, 5.41) is 5.19. The number of anilines is 2. The molecule has 23 heavy (non-hydrogen) atoms. The van der Waals surface area contributed by atoms with Gasteiger partial charge in [-0.25, -0.2) is 8.78 Å². The summed E-state index contributed by atoms with van der Waals surface area (Å²) in [5.74, 6) is -1.92. The summed E-state index contributed by atoms with van der Waals surface area (Å²) < 4.78 is 26.4. The van der Waals surface area contributed by atoms with Gasteiger partial charge >= 0.3 is 0 Å². The maximum atomic E-state index is 13.5. The van der Waals surface area contributed by atoms with Crippen molar-refractivity contribution in [1.29, 1.82) is 0 Å². The Labute approximate surface area is 131 Å². The van der Waals surface area contributed by atoms with Crippen LogP contribution in [0.2, 0.25) is 0 Å². The van der Waals surface area contributed by atoms with Crippen molar-refractivity contribution in [1.82, 2.24) is 0 Å². The maximum absolute atomic E-state index is 13.5. The molecule has 6 heteroatoms. The lowest BCUT2D eigenvalue weighted by Crippen LogP contribution is -2.20. The van der Waals surface area contributed by atoms with E-state index >= 15 is 0 Å². The minimum Gasteiger partial charge on any atom is -0.326 e. The molecule has 2 amide bonds. The van der Waals surface area contributed by atoms with Crippen LogP contribution in [-0.2, 0) is 22.4 Å². The minimum atomic E-state index is -0.813. The topological polar surface area (TPSA) is 58.2 Å². The van der Waals surface area contributed by atoms with Crippen LogP contribution in [0.15, 0.2) is 36.4 Å². The highest BCUT2D eigenvalue weighted by Crippen LogP contribution is 2.24. The fourth-order valence-electron chi connectivity index (χ4n) is 2.52. The largest absolute Gasteiger partial charge is 0.326 e. The van der Waals surface area contributed by atoms with E-state index in [2.05, 4.69) is 10.6 Å². The average Bonchev–Trinajstić information content (AvgIpc) is 2.50. The van der Waals surface area contributed by atoms with Crippen LogP contribution in [0, 0.1) is 11.6 Å². The van der Waals surface area contributed by atoms with E-state index in [4.69, 9.17) is 0 Å². The summed E-state index contributed by atoms with van der Waals surface area (Å²) >= 11 is 0. The summed E-state index contributed by atoms with van der Waals surface area (Å²) in [7, 11) is 0. The number of benzene rings is 2. The van der Waals surface area contributed by atoms with E-state index < -0.39 is 17.5 Å². The van der Waals surface area contributed by atoms with E-state index in [1.54, 1.807) is 12.1 Å². The van der Waals surface area contributed by atoms with Gasteiger partial charge in [0, 0.05) is 18.2 Å². The van der Waals surface area contributed by atoms with Crippen molar-refractivity contribution in [3.63, 3.8) is 0 Å². The molecule has 1 heterocycles. The Bertz CT molecular complexity index is 790. The molecule has 0 saturated carbocycles. The number of hydrogen-bond acceptors (Lipinski definition) is 2. The molecule has 4 nitrogen and oxygen atoms in total. The molecule has 0 radical (unpaired) electrons. The normalized spacial score (nSPS) is 13.2. The summed E-state index contributed by atoms with van der Waals surface area (Å²) in [6, 6.07) is 8.34. The fraction of sp³-hybridized carbons (Fsp3) is 0.176. The third-order valence-corrected chi connectivity index (χ3v) is 3.64. The molecular formula is C17H14F2N2O2. The first-order valence-corrected chi connectivity index (χ1v) is 7.18. The van der Waals surface area contributed by atoms with E-state index in [-0.39, 0.29) is 18.0 Å². The smallest absolute Gasteiger partial charge is 0.228 e. The Kier molecular flexibility index (Phi) is 4.06. The van der Waals surface area contributed by atoms with Gasteiger partial charge in [-0.2, -0.15) is 0 Å². The minimum absolute atomic E-state index is 0.0187. The van der Waals surface area contributed by atoms with Crippen molar-refractivity contribution in [2.75, 3.05) is 10.6 Å². The van der Waals surface area contributed by atoms with Crippen molar-refractivity contribution >= 4 is 23.2 Å². The summed E-state index contributed by atoms with van der Waals surface area (Å²) in [6.07, 6.45) is 1.12. The average molecular weight is 316 g/mol. The number of carbonyl (C=O) groups excluding carboxylic acids is 2. The predicted octanol–water partition coefficient (Wildman–Crippen LogP) is 3.03. The lowest BCUT2D eigenvalue weighted by molar-refractivity contribution is -0.117. The number of nitrogens with one attached hydrogen (secondary N) is 2. The van der Waals surface area contributed by atoms with Crippen LogP contribution in [-0.4, -0.2) is 11.8 Å². The van der Waals surface area contributed by atoms with Gasteiger partial charge in [0.2, 0.25) is 11.8 Å². The molecule has 1 aliphatic rings. The zero-order valence-corrected chi connectivity index (χ0v) is 12.2. The van der Waals surface area contributed by atoms with Gasteiger partial charge in [0.15, 0.2) is 0 Å². The zero-order chi connectivity index (χ0) is 16.4. The molecule has 3 rings (SSSR count). The standard InChI is InChI=1S/C17H14F2N2O2/c18-12-3-5-15(13(19)9-12)21-17(23)8-10-1-4-14-11(7-10)2-6-16(22)20-14/h1,3-5,7,9H,2,6,8H2,(H,20,22)(H,21,23). The van der Waals surface area contributed by atoms with Crippen molar-refractivity contribution < 1.29 is 18.4 Å². The molecular weight excluding hydrogens is 302 g/mol. The van der Waals surface area contributed by atoms with Crippen LogP contribution < -0.4 is 10.6 Å². The highest BCUT2D eigenvalue weighted by molar-refractivity contribution is 5.95. The number of fused-ring (bicyclic) bond motifs is 1. The Hall–Kier alpha value is -2.76. The fourth-order valence-corrected chi connectivity index (χ4v) is 2.52. The van der Waals surface area contributed by atoms with Crippen molar-refractivity contribution in [3.05, 3.63) is 59.2 Å². The molecule has 0 fully saturated rings. The first-order chi connectivity index (χ1) is 11.0. The number of hydrogen-bond donors (Lipinski definition) is 2. The van der Waals surface area contributed by atoms with E-state index in [1.165, 1.54) is 6.07 Å². The Morgan fingerprint density at radius 2 is 1.96 bits per heavy atom. The van der Waals surface area contributed by atoms with Gasteiger partial charge in [-0.15, -0.1) is 0 Å². The van der Waals surface area contributed by atoms with E-state index in [1.807, 2.05) is 6.07 Å². The third kappa shape index (κ3) is 3.53. The predicted molar refractivity (Wildman–Crippen MR) is 82.1 cm³/mol. The van der Waals surface area contributed by atoms with E-state index in [9.17, 15) is 18.4 Å². The molecule has 118 valence electrons. The van der Waals surface area contributed by atoms with E-state index in [0.717, 1.165) is 28.9 Å². The zero-order valence-electron chi connectivity index (χ0n) is 12.2. The summed E-state index contributed by atoms with van der Waals surface area (Å²) in [5.41, 5.74) is 2.44. The van der Waals surface area contributed by atoms with Crippen molar-refractivity contribution in [3.8, 4) is 0 Å². The number of halogens is 2. The molecule has 0 saturated heterocycles. The third-order valence-electron chi connectivity index (χ3n) is 3.64. The molecule has 2 aromatic rings. The monoisotopic (exact) mass is 316 g/mol. The molecule has 0 aliphatic carbocycles. The second-order valence-corrected chi connectivity index (χ2v) is 5.39. The van der Waals surface area contributed by atoms with Gasteiger partial charge < -0.3 is 10.6 Å². The molecule has 0 aromatic heterocycles. The van der Waals surface area contributed by atoms with Gasteiger partial charge in [-0.1, -0.05) is 12.1 Å². The lowest BCUT2D eigenvalue weighted by atomic mass is 9.99. The Morgan fingerprint density at radius 1 is 1.13 bits per heavy atom. The van der Waals surface area contributed by atoms with E-state index in [0.29, 0.717) is 12.8 Å². The number of rotatable bonds is 3. The Morgan fingerprint density at radius 3 is 2.74 bits per heavy atom. The summed E-state index contributed by atoms with van der Waals surface area (Å²) in [6.45, 7) is 0. The van der Waals surface area contributed by atoms with Crippen LogP contribution in [0.25, 0.3) is 0 Å². The van der Waals surface area contributed by atoms with Gasteiger partial charge in [-0.05, 0) is 35.7 Å². The van der Waals surface area contributed by atoms with Crippen molar-refractivity contribution in [2.45, 2.75) is 19.3 Å². The molecule has 0 bridgehead atoms. The SMILES string of the molecule is O=C(Cc1ccc2c(c1)CCC(=O)N2)Nc1ccc(F)cc1F. The second kappa shape index (κ2) is 6.16. The lowest BCUT2D eigenvalue weighted by Gasteiger charge is -2.17. The van der Waals surface area contributed by atoms with Crippen LogP contribution in [0.1, 0.15) is 17.5 Å². The molecule has 2 N–H and O–H groups in total. The second-order valence-electron chi connectivity index (χ2n) is 5.39. The highest BCUT2D eigenvalue weighted by atomic mass is 19.1. The number of carbonyl (C=O) groups is 2. The molecule has 1 aliphatic heterocycles. The number of amides is 2. The van der Waals surface area contributed by atoms with Crippen LogP contribution in [0.3, 0.4) is 0 Å². The first kappa shape index (κ1) is 15.1. The number of aryl methyl sites for hydroxylation is 1. The summed E-state index contributed by atoms with van der Waals surface area (Å²) in [4.78, 5) is 23.3. The van der Waals surface area contributed by atoms with Gasteiger partial charge in [0.25, 0.3) is 0 Å². The van der Waals surface area contributed by atoms with Crippen molar-refractivity contribution in [2.24, 2.45) is 0 Å². The quantitative estimate of drug-likeness (QED) is 0.914. The molecule has 0 atom stereocenters. The van der Waals surface area contributed by atoms with Crippen LogP contribution in [0.5, 0.6) is 0 Å². The van der Waals surface area contributed by atoms with Gasteiger partial charge in [0.1, 0.15) is 11.6 Å². The molecule has 2 aromatic carbocycles. The molecule has 0 unspecified atom stereocenters. The maximum Gasteiger partial charge on any atom is 0.228 e.